The summed E-state index contributed by atoms with van der Waals surface area (Å²) in [5.74, 6) is 0. The Kier molecular flexibility index (Phi) is 6.53. The average Bonchev–Trinajstić information content (AvgIpc) is 3.19. The van der Waals surface area contributed by atoms with Crippen molar-refractivity contribution in [2.75, 3.05) is 9.80 Å². The van der Waals surface area contributed by atoms with Crippen LogP contribution < -0.4 is 9.80 Å². The molecule has 10 rings (SSSR count). The van der Waals surface area contributed by atoms with E-state index < -0.39 is 0 Å². The minimum absolute atomic E-state index is 1.10. The van der Waals surface area contributed by atoms with Crippen molar-refractivity contribution in [2.45, 2.75) is 0 Å². The highest BCUT2D eigenvalue weighted by molar-refractivity contribution is 6.18. The standard InChI is InChI=1S/C48H32N2/c1-2-12-33(13-3-1)37-19-8-20-40(32-37)49(45-24-10-16-34-14-4-6-21-41(34)45)38-27-29-39(30-28-38)50-46-25-11-18-36-17-9-23-43(47(36)46)44-31-26-35-15-5-7-22-42(35)48(44)50/h1-32H. The molecular weight excluding hydrogens is 605 g/mol. The van der Waals surface area contributed by atoms with Gasteiger partial charge in [0.15, 0.2) is 0 Å². The van der Waals surface area contributed by atoms with Crippen molar-refractivity contribution in [2.24, 2.45) is 0 Å². The van der Waals surface area contributed by atoms with Gasteiger partial charge in [-0.15, -0.1) is 0 Å². The predicted molar refractivity (Wildman–Crippen MR) is 213 cm³/mol. The van der Waals surface area contributed by atoms with Gasteiger partial charge in [-0.25, -0.2) is 0 Å². The first-order valence-electron chi connectivity index (χ1n) is 17.2. The number of rotatable bonds is 5. The van der Waals surface area contributed by atoms with Gasteiger partial charge < -0.3 is 9.80 Å². The first kappa shape index (κ1) is 28.4. The van der Waals surface area contributed by atoms with Crippen molar-refractivity contribution < 1.29 is 0 Å². The Morgan fingerprint density at radius 2 is 1.02 bits per heavy atom. The van der Waals surface area contributed by atoms with Gasteiger partial charge in [-0.05, 0) is 81.4 Å². The van der Waals surface area contributed by atoms with Gasteiger partial charge in [0.1, 0.15) is 0 Å². The molecule has 0 saturated heterocycles. The van der Waals surface area contributed by atoms with Crippen molar-refractivity contribution in [3.05, 3.63) is 194 Å². The molecule has 0 atom stereocenters. The normalized spacial score (nSPS) is 12.0. The number of hydrogen-bond acceptors (Lipinski definition) is 2. The average molecular weight is 637 g/mol. The van der Waals surface area contributed by atoms with E-state index in [1.807, 2.05) is 0 Å². The number of hydrogen-bond donors (Lipinski definition) is 0. The van der Waals surface area contributed by atoms with Crippen LogP contribution in [-0.4, -0.2) is 0 Å². The van der Waals surface area contributed by atoms with E-state index in [1.54, 1.807) is 0 Å². The van der Waals surface area contributed by atoms with Crippen LogP contribution in [0.5, 0.6) is 0 Å². The summed E-state index contributed by atoms with van der Waals surface area (Å²) in [5.41, 5.74) is 11.9. The SMILES string of the molecule is c1ccc(-c2cccc(N(c3ccc(N4c5c(ccc6ccccc56)-c5cccc6cccc4c56)cc3)c3cccc4ccccc34)c2)cc1. The van der Waals surface area contributed by atoms with Gasteiger partial charge in [0.25, 0.3) is 0 Å². The lowest BCUT2D eigenvalue weighted by Gasteiger charge is -2.35. The molecule has 0 N–H and O–H groups in total. The van der Waals surface area contributed by atoms with Gasteiger partial charge in [-0.1, -0.05) is 146 Å². The van der Waals surface area contributed by atoms with Crippen LogP contribution in [0.3, 0.4) is 0 Å². The molecule has 0 unspecified atom stereocenters. The molecule has 0 saturated carbocycles. The maximum absolute atomic E-state index is 2.47. The maximum Gasteiger partial charge on any atom is 0.0618 e. The molecule has 1 heterocycles. The Labute approximate surface area is 291 Å². The third-order valence-electron chi connectivity index (χ3n) is 10.1. The van der Waals surface area contributed by atoms with Gasteiger partial charge in [0.05, 0.1) is 17.1 Å². The van der Waals surface area contributed by atoms with Crippen LogP contribution >= 0.6 is 0 Å². The molecule has 2 heteroatoms. The van der Waals surface area contributed by atoms with Crippen molar-refractivity contribution >= 4 is 66.4 Å². The second-order valence-corrected chi connectivity index (χ2v) is 13.0. The lowest BCUT2D eigenvalue weighted by Crippen LogP contribution is -2.16. The Bertz CT molecular complexity index is 2700. The summed E-state index contributed by atoms with van der Waals surface area (Å²) in [6.45, 7) is 0. The van der Waals surface area contributed by atoms with E-state index in [-0.39, 0.29) is 0 Å². The van der Waals surface area contributed by atoms with Gasteiger partial charge in [0.2, 0.25) is 0 Å². The fourth-order valence-corrected chi connectivity index (χ4v) is 7.87. The summed E-state index contributed by atoms with van der Waals surface area (Å²) >= 11 is 0. The van der Waals surface area contributed by atoms with Gasteiger partial charge in [0, 0.05) is 38.8 Å². The van der Waals surface area contributed by atoms with Crippen LogP contribution in [0.25, 0.3) is 54.6 Å². The molecule has 0 bridgehead atoms. The van der Waals surface area contributed by atoms with E-state index in [9.17, 15) is 0 Å². The zero-order valence-electron chi connectivity index (χ0n) is 27.4. The molecule has 1 aliphatic heterocycles. The molecule has 2 nitrogen and oxygen atoms in total. The molecule has 0 radical (unpaired) electrons. The number of fused-ring (bicyclic) bond motifs is 5. The third kappa shape index (κ3) is 4.50. The van der Waals surface area contributed by atoms with Crippen molar-refractivity contribution in [1.82, 2.24) is 0 Å². The smallest absolute Gasteiger partial charge is 0.0618 e. The summed E-state index contributed by atoms with van der Waals surface area (Å²) in [7, 11) is 0. The number of benzene rings is 9. The molecule has 1 aliphatic rings. The van der Waals surface area contributed by atoms with E-state index in [2.05, 4.69) is 204 Å². The van der Waals surface area contributed by atoms with Gasteiger partial charge >= 0.3 is 0 Å². The Morgan fingerprint density at radius 3 is 1.86 bits per heavy atom. The Balaban J connectivity index is 1.17. The minimum Gasteiger partial charge on any atom is -0.310 e. The zero-order chi connectivity index (χ0) is 33.0. The summed E-state index contributed by atoms with van der Waals surface area (Å²) < 4.78 is 0. The second-order valence-electron chi connectivity index (χ2n) is 13.0. The van der Waals surface area contributed by atoms with Crippen LogP contribution in [0.2, 0.25) is 0 Å². The van der Waals surface area contributed by atoms with E-state index in [1.165, 1.54) is 65.9 Å². The number of nitrogens with zero attached hydrogens (tertiary/aromatic N) is 2. The molecule has 50 heavy (non-hydrogen) atoms. The highest BCUT2D eigenvalue weighted by atomic mass is 15.2. The Morgan fingerprint density at radius 1 is 0.380 bits per heavy atom. The van der Waals surface area contributed by atoms with Gasteiger partial charge in [-0.2, -0.15) is 0 Å². The predicted octanol–water partition coefficient (Wildman–Crippen LogP) is 13.7. The van der Waals surface area contributed by atoms with Crippen LogP contribution in [-0.2, 0) is 0 Å². The molecule has 234 valence electrons. The quantitative estimate of drug-likeness (QED) is 0.185. The molecule has 9 aromatic carbocycles. The van der Waals surface area contributed by atoms with Crippen LogP contribution in [0, 0.1) is 0 Å². The maximum atomic E-state index is 2.47. The monoisotopic (exact) mass is 636 g/mol. The van der Waals surface area contributed by atoms with Crippen molar-refractivity contribution in [3.63, 3.8) is 0 Å². The molecule has 0 amide bonds. The second kappa shape index (κ2) is 11.5. The highest BCUT2D eigenvalue weighted by Crippen LogP contribution is 2.53. The first-order valence-corrected chi connectivity index (χ1v) is 17.2. The lowest BCUT2D eigenvalue weighted by atomic mass is 9.88. The summed E-state index contributed by atoms with van der Waals surface area (Å²) in [4.78, 5) is 4.86. The molecule has 0 fully saturated rings. The first-order chi connectivity index (χ1) is 24.8. The van der Waals surface area contributed by atoms with Crippen LogP contribution in [0.1, 0.15) is 0 Å². The van der Waals surface area contributed by atoms with E-state index in [4.69, 9.17) is 0 Å². The fraction of sp³-hybridized carbons (Fsp3) is 0. The van der Waals surface area contributed by atoms with Crippen LogP contribution in [0.15, 0.2) is 194 Å². The molecule has 9 aromatic rings. The van der Waals surface area contributed by atoms with Crippen LogP contribution in [0.4, 0.5) is 34.1 Å². The summed E-state index contributed by atoms with van der Waals surface area (Å²) in [5, 5.41) is 7.45. The third-order valence-corrected chi connectivity index (χ3v) is 10.1. The summed E-state index contributed by atoms with van der Waals surface area (Å²) in [6.07, 6.45) is 0. The lowest BCUT2D eigenvalue weighted by molar-refractivity contribution is 1.27. The highest BCUT2D eigenvalue weighted by Gasteiger charge is 2.28. The van der Waals surface area contributed by atoms with E-state index in [0.717, 1.165) is 22.7 Å². The Hall–Kier alpha value is -6.64. The topological polar surface area (TPSA) is 6.48 Å². The van der Waals surface area contributed by atoms with E-state index >= 15 is 0 Å². The largest absolute Gasteiger partial charge is 0.310 e. The van der Waals surface area contributed by atoms with Crippen molar-refractivity contribution in [3.8, 4) is 22.3 Å². The molecule has 0 aromatic heterocycles. The summed E-state index contributed by atoms with van der Waals surface area (Å²) in [6, 6.07) is 70.5. The zero-order valence-corrected chi connectivity index (χ0v) is 27.4. The molecule has 0 spiro atoms. The molecular formula is C48H32N2. The van der Waals surface area contributed by atoms with Crippen molar-refractivity contribution in [1.29, 1.82) is 0 Å². The van der Waals surface area contributed by atoms with Gasteiger partial charge in [-0.3, -0.25) is 0 Å². The minimum atomic E-state index is 1.10. The molecule has 0 aliphatic carbocycles. The number of anilines is 6. The van der Waals surface area contributed by atoms with E-state index in [0.29, 0.717) is 0 Å². The fourth-order valence-electron chi connectivity index (χ4n) is 7.87.